The van der Waals surface area contributed by atoms with Gasteiger partial charge in [-0.25, -0.2) is 0 Å². The first-order chi connectivity index (χ1) is 10.2. The average Bonchev–Trinajstić information content (AvgIpc) is 2.86. The molecule has 2 heteroatoms. The van der Waals surface area contributed by atoms with E-state index in [9.17, 15) is 0 Å². The molecule has 3 unspecified atom stereocenters. The maximum atomic E-state index is 4.38. The monoisotopic (exact) mass is 278 g/mol. The van der Waals surface area contributed by atoms with Gasteiger partial charge in [-0.15, -0.1) is 0 Å². The molecular weight excluding hydrogens is 256 g/mol. The van der Waals surface area contributed by atoms with Crippen molar-refractivity contribution in [2.45, 2.75) is 45.6 Å². The van der Waals surface area contributed by atoms with E-state index < -0.39 is 0 Å². The van der Waals surface area contributed by atoms with Gasteiger partial charge in [0.15, 0.2) is 0 Å². The van der Waals surface area contributed by atoms with E-state index in [0.29, 0.717) is 12.0 Å². The van der Waals surface area contributed by atoms with Crippen molar-refractivity contribution in [3.8, 4) is 0 Å². The lowest BCUT2D eigenvalue weighted by Gasteiger charge is -2.33. The largest absolute Gasteiger partial charge is 0.335 e. The molecule has 0 amide bonds. The Hall–Kier alpha value is -1.83. The molecule has 108 valence electrons. The van der Waals surface area contributed by atoms with Gasteiger partial charge in [-0.2, -0.15) is 0 Å². The minimum Gasteiger partial charge on any atom is -0.335 e. The number of hydrogen-bond acceptors (Lipinski definition) is 1. The first-order valence-corrected chi connectivity index (χ1v) is 8.08. The van der Waals surface area contributed by atoms with Crippen LogP contribution in [0.1, 0.15) is 51.1 Å². The highest BCUT2D eigenvalue weighted by Gasteiger charge is 2.29. The second-order valence-electron chi connectivity index (χ2n) is 6.64. The lowest BCUT2D eigenvalue weighted by Crippen LogP contribution is -2.21. The van der Waals surface area contributed by atoms with Crippen LogP contribution in [0.5, 0.6) is 0 Å². The third-order valence-electron chi connectivity index (χ3n) is 5.41. The molecule has 2 bridgehead atoms. The fourth-order valence-corrected chi connectivity index (χ4v) is 3.89. The Balaban J connectivity index is 2.02. The highest BCUT2D eigenvalue weighted by molar-refractivity contribution is 6.08. The number of pyridine rings is 1. The fourth-order valence-electron chi connectivity index (χ4n) is 3.89. The Morgan fingerprint density at radius 2 is 2.00 bits per heavy atom. The third kappa shape index (κ3) is 1.75. The molecule has 21 heavy (non-hydrogen) atoms. The number of hydrogen-bond donors (Lipinski definition) is 0. The van der Waals surface area contributed by atoms with Gasteiger partial charge in [0.2, 0.25) is 0 Å². The zero-order valence-corrected chi connectivity index (χ0v) is 13.0. The fraction of sp³-hybridized carbons (Fsp3) is 0.421. The molecule has 0 saturated carbocycles. The summed E-state index contributed by atoms with van der Waals surface area (Å²) in [6, 6.07) is 9.71. The van der Waals surface area contributed by atoms with Crippen molar-refractivity contribution in [1.29, 1.82) is 0 Å². The van der Waals surface area contributed by atoms with Gasteiger partial charge in [-0.1, -0.05) is 39.3 Å². The molecule has 2 nitrogen and oxygen atoms in total. The topological polar surface area (TPSA) is 17.8 Å². The van der Waals surface area contributed by atoms with Crippen LogP contribution in [-0.2, 0) is 0 Å². The summed E-state index contributed by atoms with van der Waals surface area (Å²) in [7, 11) is 0. The summed E-state index contributed by atoms with van der Waals surface area (Å²) >= 11 is 0. The highest BCUT2D eigenvalue weighted by Crippen LogP contribution is 2.45. The van der Waals surface area contributed by atoms with Crippen LogP contribution in [0.4, 0.5) is 0 Å². The first kappa shape index (κ1) is 12.9. The summed E-state index contributed by atoms with van der Waals surface area (Å²) in [6.45, 7) is 7.04. The van der Waals surface area contributed by atoms with Gasteiger partial charge in [-0.05, 0) is 30.0 Å². The third-order valence-corrected chi connectivity index (χ3v) is 5.41. The summed E-state index contributed by atoms with van der Waals surface area (Å²) in [5, 5.41) is 2.71. The quantitative estimate of drug-likeness (QED) is 0.637. The number of aromatic nitrogens is 2. The maximum Gasteiger partial charge on any atom is 0.0680 e. The highest BCUT2D eigenvalue weighted by atomic mass is 15.0. The van der Waals surface area contributed by atoms with E-state index >= 15 is 0 Å². The van der Waals surface area contributed by atoms with Crippen LogP contribution in [0.15, 0.2) is 36.7 Å². The summed E-state index contributed by atoms with van der Waals surface area (Å²) in [5.74, 6) is 1.33. The number of nitrogens with zero attached hydrogens (tertiary/aromatic N) is 2. The van der Waals surface area contributed by atoms with Crippen LogP contribution in [0.25, 0.3) is 21.8 Å². The lowest BCUT2D eigenvalue weighted by atomic mass is 9.84. The predicted octanol–water partition coefficient (Wildman–Crippen LogP) is 5.28. The minimum atomic E-state index is 0.556. The van der Waals surface area contributed by atoms with Gasteiger partial charge in [0.05, 0.1) is 11.7 Å². The average molecular weight is 278 g/mol. The molecule has 1 aliphatic rings. The molecule has 0 spiro atoms. The molecule has 0 aliphatic carbocycles. The van der Waals surface area contributed by atoms with Gasteiger partial charge in [-0.3, -0.25) is 4.98 Å². The molecular formula is C19H22N2. The summed E-state index contributed by atoms with van der Waals surface area (Å²) in [4.78, 5) is 4.38. The summed E-state index contributed by atoms with van der Waals surface area (Å²) in [6.07, 6.45) is 6.44. The van der Waals surface area contributed by atoms with Crippen LogP contribution < -0.4 is 0 Å². The molecule has 3 atom stereocenters. The van der Waals surface area contributed by atoms with Gasteiger partial charge in [0.25, 0.3) is 0 Å². The molecule has 2 aromatic heterocycles. The number of fused-ring (bicyclic) bond motifs is 4. The van der Waals surface area contributed by atoms with Gasteiger partial charge in [0.1, 0.15) is 0 Å². The molecule has 0 saturated heterocycles. The van der Waals surface area contributed by atoms with Crippen molar-refractivity contribution in [1.82, 2.24) is 9.55 Å². The van der Waals surface area contributed by atoms with Gasteiger partial charge in [0, 0.05) is 34.4 Å². The Morgan fingerprint density at radius 1 is 1.19 bits per heavy atom. The normalized spacial score (nSPS) is 22.2. The standard InChI is InChI=1S/C19H22N2/c1-4-12(2)9-17-13(3)14-5-6-15-16-7-8-20-11-19(16)21(17)18(15)10-14/h5-8,10-13,17H,4,9H2,1-3H3. The van der Waals surface area contributed by atoms with E-state index in [0.717, 1.165) is 5.92 Å². The van der Waals surface area contributed by atoms with Crippen molar-refractivity contribution in [3.05, 3.63) is 42.2 Å². The van der Waals surface area contributed by atoms with E-state index in [-0.39, 0.29) is 0 Å². The molecule has 3 heterocycles. The second-order valence-corrected chi connectivity index (χ2v) is 6.64. The maximum absolute atomic E-state index is 4.38. The zero-order valence-electron chi connectivity index (χ0n) is 13.0. The van der Waals surface area contributed by atoms with E-state index in [1.807, 2.05) is 12.4 Å². The van der Waals surface area contributed by atoms with Crippen LogP contribution in [0.2, 0.25) is 0 Å². The Morgan fingerprint density at radius 3 is 2.81 bits per heavy atom. The van der Waals surface area contributed by atoms with Crippen molar-refractivity contribution < 1.29 is 0 Å². The minimum absolute atomic E-state index is 0.556. The van der Waals surface area contributed by atoms with Crippen LogP contribution in [0, 0.1) is 5.92 Å². The molecule has 4 rings (SSSR count). The van der Waals surface area contributed by atoms with Crippen molar-refractivity contribution >= 4 is 21.8 Å². The molecule has 3 aromatic rings. The molecule has 0 fully saturated rings. The van der Waals surface area contributed by atoms with E-state index in [1.165, 1.54) is 40.2 Å². The zero-order chi connectivity index (χ0) is 14.6. The Labute approximate surface area is 125 Å². The van der Waals surface area contributed by atoms with Crippen molar-refractivity contribution in [2.75, 3.05) is 0 Å². The van der Waals surface area contributed by atoms with Crippen molar-refractivity contribution in [3.63, 3.8) is 0 Å². The van der Waals surface area contributed by atoms with E-state index in [1.54, 1.807) is 0 Å². The predicted molar refractivity (Wildman–Crippen MR) is 88.8 cm³/mol. The first-order valence-electron chi connectivity index (χ1n) is 8.08. The smallest absolute Gasteiger partial charge is 0.0680 e. The van der Waals surface area contributed by atoms with E-state index in [2.05, 4.69) is 54.6 Å². The molecule has 1 aliphatic heterocycles. The van der Waals surface area contributed by atoms with Crippen LogP contribution in [0.3, 0.4) is 0 Å². The number of benzene rings is 1. The lowest BCUT2D eigenvalue weighted by molar-refractivity contribution is 0.344. The summed E-state index contributed by atoms with van der Waals surface area (Å²) in [5.41, 5.74) is 4.17. The molecule has 1 aromatic carbocycles. The van der Waals surface area contributed by atoms with E-state index in [4.69, 9.17) is 0 Å². The van der Waals surface area contributed by atoms with Crippen LogP contribution >= 0.6 is 0 Å². The van der Waals surface area contributed by atoms with Gasteiger partial charge < -0.3 is 4.57 Å². The van der Waals surface area contributed by atoms with Gasteiger partial charge >= 0.3 is 0 Å². The molecule has 0 N–H and O–H groups in total. The van der Waals surface area contributed by atoms with Crippen molar-refractivity contribution in [2.24, 2.45) is 5.92 Å². The Bertz CT molecular complexity index is 815. The number of rotatable bonds is 3. The second kappa shape index (κ2) is 4.59. The molecule has 0 radical (unpaired) electrons. The Kier molecular flexibility index (Phi) is 2.81. The SMILES string of the molecule is CCC(C)CC1C(C)c2ccc3c4ccncc4n1c3c2. The van der Waals surface area contributed by atoms with Crippen LogP contribution in [-0.4, -0.2) is 9.55 Å². The summed E-state index contributed by atoms with van der Waals surface area (Å²) < 4.78 is 2.56.